The van der Waals surface area contributed by atoms with Crippen molar-refractivity contribution in [1.82, 2.24) is 0 Å². The average molecular weight is 455 g/mol. The number of fused-ring (bicyclic) bond motifs is 2. The fraction of sp³-hybridized carbons (Fsp3) is 0.423. The highest BCUT2D eigenvalue weighted by atomic mass is 16.7. The maximum atomic E-state index is 12.4. The highest BCUT2D eigenvalue weighted by Crippen LogP contribution is 2.50. The first-order valence-corrected chi connectivity index (χ1v) is 10.9. The van der Waals surface area contributed by atoms with Crippen molar-refractivity contribution in [2.24, 2.45) is 0 Å². The summed E-state index contributed by atoms with van der Waals surface area (Å²) in [5, 5.41) is 31.3. The van der Waals surface area contributed by atoms with Crippen molar-refractivity contribution in [2.45, 2.75) is 58.3 Å². The van der Waals surface area contributed by atoms with Gasteiger partial charge in [0.25, 0.3) is 0 Å². The first kappa shape index (κ1) is 23.0. The first-order valence-electron chi connectivity index (χ1n) is 10.9. The van der Waals surface area contributed by atoms with Gasteiger partial charge >= 0.3 is 5.97 Å². The Labute approximate surface area is 193 Å². The Morgan fingerprint density at radius 1 is 0.939 bits per heavy atom. The molecule has 0 spiro atoms. The third-order valence-corrected chi connectivity index (χ3v) is 6.09. The molecule has 1 unspecified atom stereocenters. The van der Waals surface area contributed by atoms with E-state index in [1.165, 1.54) is 0 Å². The highest BCUT2D eigenvalue weighted by molar-refractivity contribution is 5.91. The lowest BCUT2D eigenvalue weighted by Crippen LogP contribution is -2.25. The van der Waals surface area contributed by atoms with Crippen LogP contribution < -0.4 is 14.2 Å². The standard InChI is InChI=1S/C26H30O7/c1-25(2,3)15-7-13(8-16(23(15)28)26(4,5)6)21-14-9-18-19(32-12-31-18)10-17(14)33-20(11-27)22(21)24(29)30/h7-10,21,27-28H,11-12H2,1-6H3,(H,29,30). The minimum absolute atomic E-state index is 0.0263. The van der Waals surface area contributed by atoms with Gasteiger partial charge in [0.1, 0.15) is 23.9 Å². The third-order valence-electron chi connectivity index (χ3n) is 6.09. The van der Waals surface area contributed by atoms with Crippen molar-refractivity contribution >= 4 is 5.97 Å². The molecule has 7 heteroatoms. The molecule has 3 N–H and O–H groups in total. The van der Waals surface area contributed by atoms with Gasteiger partial charge in [-0.2, -0.15) is 0 Å². The Balaban J connectivity index is 2.06. The van der Waals surface area contributed by atoms with Crippen molar-refractivity contribution in [3.05, 3.63) is 57.9 Å². The molecule has 0 radical (unpaired) electrons. The van der Waals surface area contributed by atoms with Crippen LogP contribution in [-0.4, -0.2) is 34.7 Å². The molecule has 7 nitrogen and oxygen atoms in total. The van der Waals surface area contributed by atoms with Gasteiger partial charge in [-0.25, -0.2) is 4.79 Å². The van der Waals surface area contributed by atoms with E-state index in [0.717, 1.165) is 0 Å². The van der Waals surface area contributed by atoms with E-state index in [0.29, 0.717) is 39.5 Å². The van der Waals surface area contributed by atoms with Crippen LogP contribution in [0.1, 0.15) is 69.7 Å². The van der Waals surface area contributed by atoms with Crippen LogP contribution in [0.25, 0.3) is 0 Å². The second-order valence-corrected chi connectivity index (χ2v) is 10.5. The zero-order chi connectivity index (χ0) is 24.3. The molecule has 0 amide bonds. The Morgan fingerprint density at radius 3 is 1.97 bits per heavy atom. The summed E-state index contributed by atoms with van der Waals surface area (Å²) >= 11 is 0. The molecule has 0 aromatic heterocycles. The fourth-order valence-electron chi connectivity index (χ4n) is 4.43. The van der Waals surface area contributed by atoms with Crippen molar-refractivity contribution in [1.29, 1.82) is 0 Å². The Bertz CT molecular complexity index is 1130. The van der Waals surface area contributed by atoms with Crippen LogP contribution in [0.3, 0.4) is 0 Å². The van der Waals surface area contributed by atoms with Gasteiger partial charge in [-0.05, 0) is 33.6 Å². The summed E-state index contributed by atoms with van der Waals surface area (Å²) in [4.78, 5) is 12.4. The Kier molecular flexibility index (Phi) is 5.36. The van der Waals surface area contributed by atoms with Gasteiger partial charge in [0.15, 0.2) is 11.5 Å². The highest BCUT2D eigenvalue weighted by Gasteiger charge is 2.38. The molecule has 1 atom stereocenters. The molecule has 4 rings (SSSR count). The fourth-order valence-corrected chi connectivity index (χ4v) is 4.43. The number of ether oxygens (including phenoxy) is 3. The van der Waals surface area contributed by atoms with E-state index in [-0.39, 0.29) is 23.9 Å². The number of carbonyl (C=O) groups is 1. The van der Waals surface area contributed by atoms with Gasteiger partial charge in [0.2, 0.25) is 6.79 Å². The molecule has 2 aliphatic heterocycles. The van der Waals surface area contributed by atoms with E-state index >= 15 is 0 Å². The van der Waals surface area contributed by atoms with E-state index in [4.69, 9.17) is 14.2 Å². The summed E-state index contributed by atoms with van der Waals surface area (Å²) in [5.74, 6) is -0.339. The maximum Gasteiger partial charge on any atom is 0.336 e. The minimum Gasteiger partial charge on any atom is -0.507 e. The van der Waals surface area contributed by atoms with E-state index in [1.54, 1.807) is 12.1 Å². The number of rotatable bonds is 3. The third kappa shape index (κ3) is 3.91. The minimum atomic E-state index is -1.19. The number of carboxylic acid groups (broad SMARTS) is 1. The van der Waals surface area contributed by atoms with Gasteiger partial charge in [0.05, 0.1) is 5.57 Å². The number of aliphatic hydroxyl groups is 1. The number of phenols is 1. The van der Waals surface area contributed by atoms with Crippen molar-refractivity contribution in [3.63, 3.8) is 0 Å². The van der Waals surface area contributed by atoms with Crippen molar-refractivity contribution in [3.8, 4) is 23.0 Å². The number of hydrogen-bond acceptors (Lipinski definition) is 6. The van der Waals surface area contributed by atoms with E-state index < -0.39 is 29.3 Å². The number of aliphatic carboxylic acids is 1. The zero-order valence-electron chi connectivity index (χ0n) is 19.8. The SMILES string of the molecule is CC(C)(C)c1cc(C2C(C(=O)O)=C(CO)Oc3cc4c(cc32)OCO4)cc(C(C)(C)C)c1O. The van der Waals surface area contributed by atoms with Crippen molar-refractivity contribution < 1.29 is 34.3 Å². The molecule has 176 valence electrons. The smallest absolute Gasteiger partial charge is 0.336 e. The predicted octanol–water partition coefficient (Wildman–Crippen LogP) is 4.57. The van der Waals surface area contributed by atoms with Crippen LogP contribution in [0, 0.1) is 0 Å². The molecule has 0 fully saturated rings. The number of carboxylic acids is 1. The number of aliphatic hydroxyl groups excluding tert-OH is 1. The van der Waals surface area contributed by atoms with E-state index in [2.05, 4.69) is 0 Å². The normalized spacial score (nSPS) is 17.6. The lowest BCUT2D eigenvalue weighted by atomic mass is 9.74. The van der Waals surface area contributed by atoms with Crippen LogP contribution >= 0.6 is 0 Å². The molecule has 2 aromatic rings. The summed E-state index contributed by atoms with van der Waals surface area (Å²) in [6.45, 7) is 11.5. The summed E-state index contributed by atoms with van der Waals surface area (Å²) < 4.78 is 16.8. The van der Waals surface area contributed by atoms with Gasteiger partial charge in [0, 0.05) is 17.5 Å². The summed E-state index contributed by atoms with van der Waals surface area (Å²) in [6.07, 6.45) is 0. The quantitative estimate of drug-likeness (QED) is 0.624. The van der Waals surface area contributed by atoms with Crippen LogP contribution in [0.2, 0.25) is 0 Å². The molecular formula is C26H30O7. The lowest BCUT2D eigenvalue weighted by molar-refractivity contribution is -0.133. The molecule has 2 heterocycles. The molecule has 33 heavy (non-hydrogen) atoms. The second-order valence-electron chi connectivity index (χ2n) is 10.5. The molecule has 2 aliphatic rings. The molecule has 2 aromatic carbocycles. The Hall–Kier alpha value is -3.19. The lowest BCUT2D eigenvalue weighted by Gasteiger charge is -2.33. The number of phenolic OH excluding ortho intramolecular Hbond substituents is 1. The van der Waals surface area contributed by atoms with Crippen LogP contribution in [0.4, 0.5) is 0 Å². The summed E-state index contributed by atoms with van der Waals surface area (Å²) in [5.41, 5.74) is 1.89. The van der Waals surface area contributed by atoms with E-state index in [9.17, 15) is 20.1 Å². The average Bonchev–Trinajstić information content (AvgIpc) is 3.16. The topological polar surface area (TPSA) is 105 Å². The molecule has 0 saturated carbocycles. The van der Waals surface area contributed by atoms with Gasteiger partial charge in [-0.1, -0.05) is 53.7 Å². The van der Waals surface area contributed by atoms with E-state index in [1.807, 2.05) is 53.7 Å². The Morgan fingerprint density at radius 2 is 1.48 bits per heavy atom. The molecule has 0 aliphatic carbocycles. The largest absolute Gasteiger partial charge is 0.507 e. The molecule has 0 saturated heterocycles. The van der Waals surface area contributed by atoms with Crippen LogP contribution in [0.15, 0.2) is 35.6 Å². The monoisotopic (exact) mass is 454 g/mol. The summed E-state index contributed by atoms with van der Waals surface area (Å²) in [6, 6.07) is 7.11. The predicted molar refractivity (Wildman–Crippen MR) is 122 cm³/mol. The first-order chi connectivity index (χ1) is 15.3. The summed E-state index contributed by atoms with van der Waals surface area (Å²) in [7, 11) is 0. The molecular weight excluding hydrogens is 424 g/mol. The van der Waals surface area contributed by atoms with Crippen LogP contribution in [-0.2, 0) is 15.6 Å². The molecule has 0 bridgehead atoms. The van der Waals surface area contributed by atoms with Gasteiger partial charge < -0.3 is 29.5 Å². The van der Waals surface area contributed by atoms with Crippen molar-refractivity contribution in [2.75, 3.05) is 13.4 Å². The van der Waals surface area contributed by atoms with Gasteiger partial charge in [-0.15, -0.1) is 0 Å². The number of benzene rings is 2. The maximum absolute atomic E-state index is 12.4. The van der Waals surface area contributed by atoms with Gasteiger partial charge in [-0.3, -0.25) is 0 Å². The number of aromatic hydroxyl groups is 1. The zero-order valence-corrected chi connectivity index (χ0v) is 19.8. The van der Waals surface area contributed by atoms with Crippen LogP contribution in [0.5, 0.6) is 23.0 Å². The number of hydrogen-bond donors (Lipinski definition) is 3. The second kappa shape index (κ2) is 7.70.